The van der Waals surface area contributed by atoms with Gasteiger partial charge in [0.25, 0.3) is 10.2 Å². The highest BCUT2D eigenvalue weighted by molar-refractivity contribution is 7.87. The van der Waals surface area contributed by atoms with Gasteiger partial charge in [-0.25, -0.2) is 0 Å². The van der Waals surface area contributed by atoms with Crippen LogP contribution in [0.5, 0.6) is 0 Å². The van der Waals surface area contributed by atoms with E-state index in [0.717, 1.165) is 25.7 Å². The Hall–Kier alpha value is -0.920. The first-order valence-electron chi connectivity index (χ1n) is 7.44. The summed E-state index contributed by atoms with van der Waals surface area (Å²) in [6, 6.07) is -1.14. The second kappa shape index (κ2) is 6.46. The molecular weight excluding hydrogens is 292 g/mol. The standard InChI is InChI=1S/C14H24N2O4S/c1-10(2)7-13(14(17)18)15-21(19,20)16-8-11-5-3-4-6-12(11)9-16/h11-13,15H,1,3-9H2,2H3,(H,17,18)/t11-,12+,13?. The molecule has 0 bridgehead atoms. The number of carboxylic acids is 1. The van der Waals surface area contributed by atoms with Crippen LogP contribution >= 0.6 is 0 Å². The van der Waals surface area contributed by atoms with Crippen molar-refractivity contribution in [3.63, 3.8) is 0 Å². The van der Waals surface area contributed by atoms with Gasteiger partial charge in [-0.1, -0.05) is 18.4 Å². The molecule has 1 heterocycles. The van der Waals surface area contributed by atoms with Crippen LogP contribution in [0.1, 0.15) is 39.0 Å². The van der Waals surface area contributed by atoms with Gasteiger partial charge in [0.05, 0.1) is 0 Å². The number of nitrogens with zero attached hydrogens (tertiary/aromatic N) is 1. The van der Waals surface area contributed by atoms with Gasteiger partial charge < -0.3 is 5.11 Å². The van der Waals surface area contributed by atoms with Gasteiger partial charge in [-0.05, 0) is 38.0 Å². The monoisotopic (exact) mass is 316 g/mol. The SMILES string of the molecule is C=C(C)CC(NS(=O)(=O)N1C[C@H]2CCCC[C@H]2C1)C(=O)O. The summed E-state index contributed by atoms with van der Waals surface area (Å²) in [4.78, 5) is 11.2. The van der Waals surface area contributed by atoms with Crippen LogP contribution < -0.4 is 4.72 Å². The van der Waals surface area contributed by atoms with Crippen LogP contribution in [0, 0.1) is 11.8 Å². The third-order valence-corrected chi connectivity index (χ3v) is 5.98. The van der Waals surface area contributed by atoms with E-state index in [1.54, 1.807) is 6.92 Å². The fourth-order valence-corrected chi connectivity index (χ4v) is 4.81. The summed E-state index contributed by atoms with van der Waals surface area (Å²) in [5, 5.41) is 9.15. The van der Waals surface area contributed by atoms with Crippen LogP contribution in [0.2, 0.25) is 0 Å². The van der Waals surface area contributed by atoms with Crippen molar-refractivity contribution in [1.82, 2.24) is 9.03 Å². The molecule has 7 heteroatoms. The van der Waals surface area contributed by atoms with E-state index in [2.05, 4.69) is 11.3 Å². The molecule has 0 spiro atoms. The van der Waals surface area contributed by atoms with Crippen molar-refractivity contribution in [1.29, 1.82) is 0 Å². The molecule has 3 atom stereocenters. The number of fused-ring (bicyclic) bond motifs is 1. The Balaban J connectivity index is 2.04. The fourth-order valence-electron chi connectivity index (χ4n) is 3.34. The van der Waals surface area contributed by atoms with Crippen LogP contribution in [0.25, 0.3) is 0 Å². The highest BCUT2D eigenvalue weighted by Crippen LogP contribution is 2.36. The minimum Gasteiger partial charge on any atom is -0.480 e. The largest absolute Gasteiger partial charge is 0.480 e. The van der Waals surface area contributed by atoms with Crippen LogP contribution in [-0.2, 0) is 15.0 Å². The van der Waals surface area contributed by atoms with Gasteiger partial charge in [0.1, 0.15) is 6.04 Å². The van der Waals surface area contributed by atoms with Gasteiger partial charge in [0, 0.05) is 13.1 Å². The normalized spacial score (nSPS) is 28.0. The fraction of sp³-hybridized carbons (Fsp3) is 0.786. The molecule has 2 fully saturated rings. The summed E-state index contributed by atoms with van der Waals surface area (Å²) in [6.07, 6.45) is 4.58. The molecule has 1 aliphatic heterocycles. The van der Waals surface area contributed by atoms with Gasteiger partial charge in [-0.2, -0.15) is 17.4 Å². The summed E-state index contributed by atoms with van der Waals surface area (Å²) in [6.45, 7) is 6.37. The van der Waals surface area contributed by atoms with Gasteiger partial charge in [-0.3, -0.25) is 4.79 Å². The molecule has 0 amide bonds. The van der Waals surface area contributed by atoms with Crippen molar-refractivity contribution in [3.8, 4) is 0 Å². The van der Waals surface area contributed by atoms with Gasteiger partial charge in [0.2, 0.25) is 0 Å². The van der Waals surface area contributed by atoms with E-state index in [9.17, 15) is 13.2 Å². The highest BCUT2D eigenvalue weighted by atomic mass is 32.2. The van der Waals surface area contributed by atoms with Crippen molar-refractivity contribution >= 4 is 16.2 Å². The molecule has 1 aliphatic carbocycles. The Morgan fingerprint density at radius 2 is 1.86 bits per heavy atom. The zero-order valence-electron chi connectivity index (χ0n) is 12.4. The van der Waals surface area contributed by atoms with Crippen LogP contribution in [0.4, 0.5) is 0 Å². The van der Waals surface area contributed by atoms with Crippen molar-refractivity contribution in [2.75, 3.05) is 13.1 Å². The second-order valence-electron chi connectivity index (χ2n) is 6.30. The number of rotatable bonds is 6. The average molecular weight is 316 g/mol. The Morgan fingerprint density at radius 3 is 2.29 bits per heavy atom. The molecule has 120 valence electrons. The predicted octanol–water partition coefficient (Wildman–Crippen LogP) is 1.36. The minimum absolute atomic E-state index is 0.106. The first kappa shape index (κ1) is 16.5. The topological polar surface area (TPSA) is 86.7 Å². The Morgan fingerprint density at radius 1 is 1.33 bits per heavy atom. The number of aliphatic carboxylic acids is 1. The van der Waals surface area contributed by atoms with Gasteiger partial charge >= 0.3 is 5.97 Å². The number of hydrogen-bond donors (Lipinski definition) is 2. The summed E-state index contributed by atoms with van der Waals surface area (Å²) in [5.74, 6) is -0.308. The third-order valence-electron chi connectivity index (χ3n) is 4.42. The first-order chi connectivity index (χ1) is 9.79. The van der Waals surface area contributed by atoms with Crippen LogP contribution in [-0.4, -0.2) is 42.9 Å². The first-order valence-corrected chi connectivity index (χ1v) is 8.88. The van der Waals surface area contributed by atoms with Crippen molar-refractivity contribution in [2.45, 2.75) is 45.1 Å². The Bertz CT molecular complexity index is 503. The quantitative estimate of drug-likeness (QED) is 0.724. The molecule has 0 aromatic carbocycles. The molecule has 6 nitrogen and oxygen atoms in total. The highest BCUT2D eigenvalue weighted by Gasteiger charge is 2.40. The predicted molar refractivity (Wildman–Crippen MR) is 79.9 cm³/mol. The second-order valence-corrected chi connectivity index (χ2v) is 8.00. The van der Waals surface area contributed by atoms with E-state index in [4.69, 9.17) is 5.11 Å². The summed E-state index contributed by atoms with van der Waals surface area (Å²) < 4.78 is 28.5. The molecule has 1 saturated carbocycles. The molecular formula is C14H24N2O4S. The molecule has 0 aromatic heterocycles. The maximum absolute atomic E-state index is 12.4. The number of nitrogens with one attached hydrogen (secondary N) is 1. The molecule has 2 rings (SSSR count). The number of carbonyl (C=O) groups is 1. The zero-order valence-corrected chi connectivity index (χ0v) is 13.2. The molecule has 1 saturated heterocycles. The van der Waals surface area contributed by atoms with Gasteiger partial charge in [-0.15, -0.1) is 6.58 Å². The summed E-state index contributed by atoms with van der Waals surface area (Å²) in [7, 11) is -3.75. The van der Waals surface area contributed by atoms with Crippen molar-refractivity contribution in [3.05, 3.63) is 12.2 Å². The lowest BCUT2D eigenvalue weighted by Gasteiger charge is -2.22. The van der Waals surface area contributed by atoms with Crippen LogP contribution in [0.15, 0.2) is 12.2 Å². The summed E-state index contributed by atoms with van der Waals surface area (Å²) in [5.41, 5.74) is 0.639. The molecule has 2 aliphatic rings. The van der Waals surface area contributed by atoms with Crippen LogP contribution in [0.3, 0.4) is 0 Å². The number of hydrogen-bond acceptors (Lipinski definition) is 3. The van der Waals surface area contributed by atoms with Crippen molar-refractivity contribution in [2.24, 2.45) is 11.8 Å². The van der Waals surface area contributed by atoms with Gasteiger partial charge in [0.15, 0.2) is 0 Å². The lowest BCUT2D eigenvalue weighted by molar-refractivity contribution is -0.138. The lowest BCUT2D eigenvalue weighted by atomic mass is 9.82. The summed E-state index contributed by atoms with van der Waals surface area (Å²) >= 11 is 0. The minimum atomic E-state index is -3.75. The van der Waals surface area contributed by atoms with E-state index in [0.29, 0.717) is 30.5 Å². The smallest absolute Gasteiger partial charge is 0.322 e. The molecule has 2 N–H and O–H groups in total. The van der Waals surface area contributed by atoms with E-state index < -0.39 is 22.2 Å². The maximum Gasteiger partial charge on any atom is 0.322 e. The number of carboxylic acid groups (broad SMARTS) is 1. The molecule has 21 heavy (non-hydrogen) atoms. The Labute approximate surface area is 126 Å². The van der Waals surface area contributed by atoms with E-state index in [1.807, 2.05) is 0 Å². The lowest BCUT2D eigenvalue weighted by Crippen LogP contribution is -2.47. The molecule has 0 aromatic rings. The third kappa shape index (κ3) is 4.05. The van der Waals surface area contributed by atoms with E-state index >= 15 is 0 Å². The zero-order chi connectivity index (χ0) is 15.6. The Kier molecular flexibility index (Phi) is 5.06. The van der Waals surface area contributed by atoms with E-state index in [-0.39, 0.29) is 6.42 Å². The molecule has 1 unspecified atom stereocenters. The molecule has 0 radical (unpaired) electrons. The van der Waals surface area contributed by atoms with Crippen molar-refractivity contribution < 1.29 is 18.3 Å². The average Bonchev–Trinajstić information content (AvgIpc) is 2.81. The maximum atomic E-state index is 12.4. The van der Waals surface area contributed by atoms with E-state index in [1.165, 1.54) is 4.31 Å².